The lowest BCUT2D eigenvalue weighted by Crippen LogP contribution is -2.45. The highest BCUT2D eigenvalue weighted by molar-refractivity contribution is 5.81. The molecule has 32 heavy (non-hydrogen) atoms. The van der Waals surface area contributed by atoms with Gasteiger partial charge in [-0.1, -0.05) is 37.1 Å². The summed E-state index contributed by atoms with van der Waals surface area (Å²) in [5, 5.41) is 6.91. The number of imidazole rings is 1. The first-order valence-electron chi connectivity index (χ1n) is 12.0. The molecule has 0 spiro atoms. The minimum absolute atomic E-state index is 0.258. The Hall–Kier alpha value is -2.83. The number of benzene rings is 1. The fourth-order valence-electron chi connectivity index (χ4n) is 4.79. The lowest BCUT2D eigenvalue weighted by Gasteiger charge is -2.21. The minimum Gasteiger partial charge on any atom is -0.357 e. The molecule has 2 heterocycles. The van der Waals surface area contributed by atoms with Gasteiger partial charge < -0.3 is 20.1 Å². The SMILES string of the molecule is CCNC(=NCc1cccc(Cn2ccnc2C)c1)NC1CCN(C(=O)C2CCCC2)C1. The van der Waals surface area contributed by atoms with Crippen molar-refractivity contribution < 1.29 is 4.79 Å². The summed E-state index contributed by atoms with van der Waals surface area (Å²) >= 11 is 0. The molecule has 7 nitrogen and oxygen atoms in total. The second-order valence-electron chi connectivity index (χ2n) is 9.01. The molecule has 2 N–H and O–H groups in total. The molecule has 2 aliphatic rings. The van der Waals surface area contributed by atoms with Gasteiger partial charge in [-0.05, 0) is 44.2 Å². The lowest BCUT2D eigenvalue weighted by molar-refractivity contribution is -0.134. The zero-order valence-electron chi connectivity index (χ0n) is 19.4. The van der Waals surface area contributed by atoms with Crippen molar-refractivity contribution >= 4 is 11.9 Å². The van der Waals surface area contributed by atoms with Crippen molar-refractivity contribution in [3.8, 4) is 0 Å². The zero-order valence-corrected chi connectivity index (χ0v) is 19.4. The predicted molar refractivity (Wildman–Crippen MR) is 127 cm³/mol. The van der Waals surface area contributed by atoms with Gasteiger partial charge in [-0.2, -0.15) is 0 Å². The first-order valence-corrected chi connectivity index (χ1v) is 12.0. The Labute approximate surface area is 191 Å². The van der Waals surface area contributed by atoms with Gasteiger partial charge in [0.25, 0.3) is 0 Å². The van der Waals surface area contributed by atoms with Crippen LogP contribution in [-0.4, -0.2) is 52.0 Å². The van der Waals surface area contributed by atoms with E-state index in [2.05, 4.69) is 56.3 Å². The molecule has 1 amide bonds. The summed E-state index contributed by atoms with van der Waals surface area (Å²) in [6.07, 6.45) is 9.36. The molecule has 7 heteroatoms. The second-order valence-corrected chi connectivity index (χ2v) is 9.01. The molecule has 172 valence electrons. The normalized spacial score (nSPS) is 19.5. The van der Waals surface area contributed by atoms with Crippen LogP contribution in [0.3, 0.4) is 0 Å². The third kappa shape index (κ3) is 5.69. The molecule has 1 saturated heterocycles. The summed E-state index contributed by atoms with van der Waals surface area (Å²) < 4.78 is 2.15. The van der Waals surface area contributed by atoms with Crippen molar-refractivity contribution in [2.24, 2.45) is 10.9 Å². The molecule has 2 aromatic rings. The summed E-state index contributed by atoms with van der Waals surface area (Å²) in [6, 6.07) is 8.83. The number of aliphatic imine (C=N–C) groups is 1. The van der Waals surface area contributed by atoms with Gasteiger partial charge in [-0.25, -0.2) is 9.98 Å². The quantitative estimate of drug-likeness (QED) is 0.517. The van der Waals surface area contributed by atoms with E-state index in [4.69, 9.17) is 4.99 Å². The van der Waals surface area contributed by atoms with Crippen LogP contribution in [-0.2, 0) is 17.9 Å². The molecule has 0 bridgehead atoms. The predicted octanol–water partition coefficient (Wildman–Crippen LogP) is 3.09. The molecule has 1 aromatic heterocycles. The van der Waals surface area contributed by atoms with Crippen LogP contribution >= 0.6 is 0 Å². The summed E-state index contributed by atoms with van der Waals surface area (Å²) in [6.45, 7) is 7.97. The smallest absolute Gasteiger partial charge is 0.225 e. The van der Waals surface area contributed by atoms with Gasteiger partial charge in [0.05, 0.1) is 6.54 Å². The van der Waals surface area contributed by atoms with Crippen molar-refractivity contribution in [2.45, 2.75) is 65.1 Å². The van der Waals surface area contributed by atoms with Gasteiger partial charge in [0.15, 0.2) is 5.96 Å². The van der Waals surface area contributed by atoms with E-state index in [1.165, 1.54) is 24.0 Å². The highest BCUT2D eigenvalue weighted by Crippen LogP contribution is 2.27. The number of nitrogens with one attached hydrogen (secondary N) is 2. The third-order valence-electron chi connectivity index (χ3n) is 6.58. The fraction of sp³-hybridized carbons (Fsp3) is 0.560. The molecule has 0 radical (unpaired) electrons. The molecule has 1 aliphatic carbocycles. The van der Waals surface area contributed by atoms with E-state index in [1.807, 2.05) is 19.3 Å². The molecule has 1 aliphatic heterocycles. The lowest BCUT2D eigenvalue weighted by atomic mass is 10.1. The van der Waals surface area contributed by atoms with E-state index in [0.717, 1.165) is 57.2 Å². The van der Waals surface area contributed by atoms with Crippen LogP contribution in [0.5, 0.6) is 0 Å². The van der Waals surface area contributed by atoms with Crippen molar-refractivity contribution in [3.05, 3.63) is 53.6 Å². The maximum Gasteiger partial charge on any atom is 0.225 e. The molecular weight excluding hydrogens is 400 g/mol. The Kier molecular flexibility index (Phi) is 7.45. The Bertz CT molecular complexity index is 930. The van der Waals surface area contributed by atoms with Crippen molar-refractivity contribution in [1.29, 1.82) is 0 Å². The Balaban J connectivity index is 1.34. The maximum absolute atomic E-state index is 12.7. The number of hydrogen-bond donors (Lipinski definition) is 2. The zero-order chi connectivity index (χ0) is 22.3. The van der Waals surface area contributed by atoms with E-state index in [1.54, 1.807) is 0 Å². The van der Waals surface area contributed by atoms with Crippen LogP contribution in [0.1, 0.15) is 56.0 Å². The summed E-state index contributed by atoms with van der Waals surface area (Å²) in [5.41, 5.74) is 2.43. The molecule has 1 aromatic carbocycles. The second kappa shape index (κ2) is 10.7. The largest absolute Gasteiger partial charge is 0.357 e. The highest BCUT2D eigenvalue weighted by Gasteiger charge is 2.32. The monoisotopic (exact) mass is 436 g/mol. The van der Waals surface area contributed by atoms with Gasteiger partial charge in [0.1, 0.15) is 5.82 Å². The number of aromatic nitrogens is 2. The number of rotatable bonds is 7. The molecule has 1 saturated carbocycles. The number of nitrogens with zero attached hydrogens (tertiary/aromatic N) is 4. The van der Waals surface area contributed by atoms with Gasteiger partial charge in [0.2, 0.25) is 5.91 Å². The number of carbonyl (C=O) groups is 1. The van der Waals surface area contributed by atoms with Crippen LogP contribution in [0.15, 0.2) is 41.7 Å². The summed E-state index contributed by atoms with van der Waals surface area (Å²) in [7, 11) is 0. The Morgan fingerprint density at radius 1 is 1.22 bits per heavy atom. The average Bonchev–Trinajstić information content (AvgIpc) is 3.56. The van der Waals surface area contributed by atoms with Gasteiger partial charge in [-0.15, -0.1) is 0 Å². The van der Waals surface area contributed by atoms with E-state index in [0.29, 0.717) is 12.5 Å². The number of amides is 1. The Morgan fingerprint density at radius 2 is 2.03 bits per heavy atom. The van der Waals surface area contributed by atoms with Crippen molar-refractivity contribution in [3.63, 3.8) is 0 Å². The number of carbonyl (C=O) groups excluding carboxylic acids is 1. The minimum atomic E-state index is 0.258. The Morgan fingerprint density at radius 3 is 2.78 bits per heavy atom. The summed E-state index contributed by atoms with van der Waals surface area (Å²) in [4.78, 5) is 23.9. The van der Waals surface area contributed by atoms with Crippen LogP contribution in [0.25, 0.3) is 0 Å². The van der Waals surface area contributed by atoms with Crippen LogP contribution in [0, 0.1) is 12.8 Å². The number of likely N-dealkylation sites (tertiary alicyclic amines) is 1. The first-order chi connectivity index (χ1) is 15.6. The molecule has 1 atom stereocenters. The van der Waals surface area contributed by atoms with E-state index in [9.17, 15) is 4.79 Å². The van der Waals surface area contributed by atoms with Gasteiger partial charge in [0, 0.05) is 50.5 Å². The van der Waals surface area contributed by atoms with Crippen LogP contribution < -0.4 is 10.6 Å². The van der Waals surface area contributed by atoms with Crippen molar-refractivity contribution in [2.75, 3.05) is 19.6 Å². The number of hydrogen-bond acceptors (Lipinski definition) is 3. The molecular formula is C25H36N6O. The summed E-state index contributed by atoms with van der Waals surface area (Å²) in [5.74, 6) is 2.46. The fourth-order valence-corrected chi connectivity index (χ4v) is 4.79. The van der Waals surface area contributed by atoms with Crippen LogP contribution in [0.2, 0.25) is 0 Å². The maximum atomic E-state index is 12.7. The standard InChI is InChI=1S/C25H36N6O/c1-3-26-25(29-23-11-13-31(18-23)24(32)22-9-4-5-10-22)28-16-20-7-6-8-21(15-20)17-30-14-12-27-19(30)2/h6-8,12,14-15,22-23H,3-5,9-11,13,16-18H2,1-2H3,(H2,26,28,29). The van der Waals surface area contributed by atoms with Gasteiger partial charge in [-0.3, -0.25) is 4.79 Å². The molecule has 1 unspecified atom stereocenters. The van der Waals surface area contributed by atoms with E-state index in [-0.39, 0.29) is 12.0 Å². The number of aryl methyl sites for hydroxylation is 1. The topological polar surface area (TPSA) is 74.6 Å². The first kappa shape index (κ1) is 22.4. The van der Waals surface area contributed by atoms with E-state index < -0.39 is 0 Å². The molecule has 4 rings (SSSR count). The molecule has 2 fully saturated rings. The van der Waals surface area contributed by atoms with Crippen molar-refractivity contribution in [1.82, 2.24) is 25.1 Å². The van der Waals surface area contributed by atoms with E-state index >= 15 is 0 Å². The highest BCUT2D eigenvalue weighted by atomic mass is 16.2. The van der Waals surface area contributed by atoms with Crippen LogP contribution in [0.4, 0.5) is 0 Å². The van der Waals surface area contributed by atoms with Gasteiger partial charge >= 0.3 is 0 Å². The average molecular weight is 437 g/mol. The number of guanidine groups is 1. The third-order valence-corrected chi connectivity index (χ3v) is 6.58.